The number of aromatic amines is 1. The highest BCUT2D eigenvalue weighted by molar-refractivity contribution is 5.97. The minimum atomic E-state index is -1.35. The van der Waals surface area contributed by atoms with E-state index in [1.807, 2.05) is 0 Å². The molecule has 0 bridgehead atoms. The number of aliphatic carboxylic acids is 2. The number of carbonyl (C=O) groups excluding carboxylic acids is 9. The molecule has 18 N–H and O–H groups in total. The summed E-state index contributed by atoms with van der Waals surface area (Å²) < 4.78 is 0. The predicted octanol–water partition coefficient (Wildman–Crippen LogP) is -4.34. The smallest absolute Gasteiger partial charge is 0.326 e. The molecule has 0 spiro atoms. The molecule has 0 unspecified atom stereocenters. The lowest BCUT2D eigenvalue weighted by Crippen LogP contribution is -2.58. The summed E-state index contributed by atoms with van der Waals surface area (Å²) in [6.45, 7) is 3.29. The molecular formula is C46H72N14O13. The number of carbonyl (C=O) groups is 11. The van der Waals surface area contributed by atoms with E-state index >= 15 is 0 Å². The Hall–Kier alpha value is -7.52. The van der Waals surface area contributed by atoms with E-state index in [1.54, 1.807) is 44.2 Å². The summed E-state index contributed by atoms with van der Waals surface area (Å²) in [5.41, 5.74) is 18.0. The van der Waals surface area contributed by atoms with E-state index in [2.05, 4.69) is 57.8 Å². The molecule has 0 radical (unpaired) electrons. The van der Waals surface area contributed by atoms with Crippen LogP contribution in [0.15, 0.2) is 42.9 Å². The zero-order chi connectivity index (χ0) is 54.5. The molecule has 9 amide bonds. The van der Waals surface area contributed by atoms with Crippen LogP contribution >= 0.6 is 0 Å². The molecule has 27 heteroatoms. The lowest BCUT2D eigenvalue weighted by atomic mass is 10.0. The van der Waals surface area contributed by atoms with Gasteiger partial charge >= 0.3 is 11.9 Å². The second kappa shape index (κ2) is 33.2. The number of nitrogens with one attached hydrogen (secondary N) is 10. The minimum absolute atomic E-state index is 0.0406. The molecule has 1 aromatic heterocycles. The van der Waals surface area contributed by atoms with E-state index in [1.165, 1.54) is 19.4 Å². The fourth-order valence-electron chi connectivity index (χ4n) is 6.88. The van der Waals surface area contributed by atoms with Gasteiger partial charge in [-0.25, -0.2) is 9.78 Å². The molecular weight excluding hydrogens is 957 g/mol. The number of nitrogens with two attached hydrogens (primary N) is 3. The summed E-state index contributed by atoms with van der Waals surface area (Å²) in [5, 5.41) is 40.9. The van der Waals surface area contributed by atoms with Gasteiger partial charge in [0.15, 0.2) is 0 Å². The van der Waals surface area contributed by atoms with Crippen LogP contribution in [0.25, 0.3) is 0 Å². The van der Waals surface area contributed by atoms with Gasteiger partial charge in [-0.15, -0.1) is 0 Å². The molecule has 2 aromatic rings. The van der Waals surface area contributed by atoms with Crippen LogP contribution < -0.4 is 65.1 Å². The third kappa shape index (κ3) is 24.4. The van der Waals surface area contributed by atoms with Crippen molar-refractivity contribution in [1.29, 1.82) is 0 Å². The van der Waals surface area contributed by atoms with Gasteiger partial charge in [-0.2, -0.15) is 0 Å². The quantitative estimate of drug-likeness (QED) is 0.0290. The van der Waals surface area contributed by atoms with Crippen molar-refractivity contribution in [1.82, 2.24) is 57.8 Å². The third-order valence-electron chi connectivity index (χ3n) is 11.0. The second-order valence-corrected chi connectivity index (χ2v) is 17.5. The van der Waals surface area contributed by atoms with Crippen LogP contribution in [0.2, 0.25) is 0 Å². The first-order valence-corrected chi connectivity index (χ1v) is 23.9. The van der Waals surface area contributed by atoms with Crippen LogP contribution in [0.4, 0.5) is 0 Å². The molecule has 404 valence electrons. The molecule has 2 rings (SSSR count). The lowest BCUT2D eigenvalue weighted by molar-refractivity contribution is -0.142. The maximum Gasteiger partial charge on any atom is 0.326 e. The van der Waals surface area contributed by atoms with Gasteiger partial charge in [0.25, 0.3) is 0 Å². The number of hydrogen-bond acceptors (Lipinski definition) is 15. The zero-order valence-corrected chi connectivity index (χ0v) is 41.3. The van der Waals surface area contributed by atoms with E-state index in [0.29, 0.717) is 36.9 Å². The fraction of sp³-hybridized carbons (Fsp3) is 0.565. The van der Waals surface area contributed by atoms with Gasteiger partial charge in [0, 0.05) is 31.2 Å². The van der Waals surface area contributed by atoms with Gasteiger partial charge in [0.1, 0.15) is 36.3 Å². The average Bonchev–Trinajstić information content (AvgIpc) is 3.87. The standard InChI is InChI=1S/C46H72N14O13/c1-26(2)39(60-37(63)24-51-41(67)30(49)15-16-38(64)65)45(71)53-23-36(62)56-31(13-7-9-17-47)42(68)52-22-35(61)55-27(3)40(66)57-32(14-8-10-18-48)43(69)58-33(20-29-21-50-25-54-29)44(70)59-34(46(72)73)19-28-11-5-4-6-12-28/h4-6,11-12,21,25-27,30-34,39H,7-10,13-20,22-24,47-49H2,1-3H3,(H,50,54)(H,51,67)(H,52,68)(H,53,71)(H,55,61)(H,56,62)(H,57,66)(H,58,69)(H,59,70)(H,60,63)(H,64,65)(H,72,73)/t27-,30-,31-,32-,33-,34-,39-/m0/s1. The van der Waals surface area contributed by atoms with Crippen molar-refractivity contribution in [2.75, 3.05) is 32.7 Å². The van der Waals surface area contributed by atoms with Gasteiger partial charge < -0.3 is 80.2 Å². The lowest BCUT2D eigenvalue weighted by Gasteiger charge is -2.25. The van der Waals surface area contributed by atoms with Crippen molar-refractivity contribution in [3.63, 3.8) is 0 Å². The van der Waals surface area contributed by atoms with Crippen molar-refractivity contribution in [3.8, 4) is 0 Å². The molecule has 1 aromatic carbocycles. The Kier molecular flexibility index (Phi) is 28.0. The van der Waals surface area contributed by atoms with Crippen molar-refractivity contribution in [3.05, 3.63) is 54.1 Å². The Morgan fingerprint density at radius 3 is 1.64 bits per heavy atom. The van der Waals surface area contributed by atoms with Crippen LogP contribution in [0, 0.1) is 5.92 Å². The summed E-state index contributed by atoms with van der Waals surface area (Å²) in [5.74, 6) is -10.00. The molecule has 0 saturated heterocycles. The normalized spacial score (nSPS) is 13.8. The molecule has 0 aliphatic carbocycles. The zero-order valence-electron chi connectivity index (χ0n) is 41.3. The highest BCUT2D eigenvalue weighted by Crippen LogP contribution is 2.09. The van der Waals surface area contributed by atoms with Crippen LogP contribution in [-0.2, 0) is 65.6 Å². The number of H-pyrrole nitrogens is 1. The van der Waals surface area contributed by atoms with Gasteiger partial charge in [-0.1, -0.05) is 44.2 Å². The number of hydrogen-bond donors (Lipinski definition) is 15. The Balaban J connectivity index is 2.03. The third-order valence-corrected chi connectivity index (χ3v) is 11.0. The van der Waals surface area contributed by atoms with E-state index in [9.17, 15) is 57.8 Å². The minimum Gasteiger partial charge on any atom is -0.481 e. The monoisotopic (exact) mass is 1030 g/mol. The number of unbranched alkanes of at least 4 members (excludes halogenated alkanes) is 2. The number of carboxylic acid groups (broad SMARTS) is 2. The Labute approximate surface area is 422 Å². The molecule has 27 nitrogen and oxygen atoms in total. The molecule has 73 heavy (non-hydrogen) atoms. The van der Waals surface area contributed by atoms with Gasteiger partial charge in [-0.05, 0) is 76.4 Å². The van der Waals surface area contributed by atoms with E-state index < -0.39 is 133 Å². The number of carboxylic acids is 2. The van der Waals surface area contributed by atoms with Crippen molar-refractivity contribution in [2.24, 2.45) is 23.1 Å². The van der Waals surface area contributed by atoms with Crippen LogP contribution in [-0.4, -0.2) is 160 Å². The van der Waals surface area contributed by atoms with Gasteiger partial charge in [0.05, 0.1) is 32.0 Å². The number of imidazole rings is 1. The molecule has 0 aliphatic rings. The second-order valence-electron chi connectivity index (χ2n) is 17.5. The van der Waals surface area contributed by atoms with Crippen LogP contribution in [0.5, 0.6) is 0 Å². The van der Waals surface area contributed by atoms with E-state index in [4.69, 9.17) is 22.3 Å². The predicted molar refractivity (Wildman–Crippen MR) is 262 cm³/mol. The Morgan fingerprint density at radius 2 is 1.10 bits per heavy atom. The molecule has 0 saturated carbocycles. The first-order valence-electron chi connectivity index (χ1n) is 23.9. The summed E-state index contributed by atoms with van der Waals surface area (Å²) in [7, 11) is 0. The first-order chi connectivity index (χ1) is 34.6. The van der Waals surface area contributed by atoms with Gasteiger partial charge in [-0.3, -0.25) is 47.9 Å². The maximum atomic E-state index is 13.8. The summed E-state index contributed by atoms with van der Waals surface area (Å²) in [4.78, 5) is 148. The first kappa shape index (κ1) is 61.6. The van der Waals surface area contributed by atoms with Crippen molar-refractivity contribution >= 4 is 65.1 Å². The Morgan fingerprint density at radius 1 is 0.575 bits per heavy atom. The maximum absolute atomic E-state index is 13.8. The fourth-order valence-corrected chi connectivity index (χ4v) is 6.88. The highest BCUT2D eigenvalue weighted by Gasteiger charge is 2.32. The molecule has 0 aliphatic heterocycles. The van der Waals surface area contributed by atoms with E-state index in [0.717, 1.165) is 0 Å². The summed E-state index contributed by atoms with van der Waals surface area (Å²) in [6.07, 6.45) is 4.01. The Bertz CT molecular complexity index is 2150. The summed E-state index contributed by atoms with van der Waals surface area (Å²) in [6, 6.07) is -0.0605. The molecule has 7 atom stereocenters. The van der Waals surface area contributed by atoms with Crippen molar-refractivity contribution < 1.29 is 63.0 Å². The highest BCUT2D eigenvalue weighted by atomic mass is 16.4. The number of nitrogens with zero attached hydrogens (tertiary/aromatic N) is 1. The van der Waals surface area contributed by atoms with Gasteiger partial charge in [0.2, 0.25) is 53.2 Å². The largest absolute Gasteiger partial charge is 0.481 e. The number of amides is 9. The number of aromatic nitrogens is 2. The molecule has 1 heterocycles. The average molecular weight is 1030 g/mol. The van der Waals surface area contributed by atoms with Crippen LogP contribution in [0.1, 0.15) is 83.4 Å². The number of benzene rings is 1. The van der Waals surface area contributed by atoms with Crippen LogP contribution in [0.3, 0.4) is 0 Å². The van der Waals surface area contributed by atoms with Crippen molar-refractivity contribution in [2.45, 2.75) is 127 Å². The molecule has 0 fully saturated rings. The van der Waals surface area contributed by atoms with E-state index in [-0.39, 0.29) is 51.6 Å². The number of rotatable bonds is 35. The SMILES string of the molecule is CC(C)[C@H](NC(=O)CNC(=O)[C@@H](N)CCC(=O)O)C(=O)NCC(=O)N[C@@H](CCCCN)C(=O)NCC(=O)N[C@@H](C)C(=O)N[C@@H](CCCCN)C(=O)N[C@@H](Cc1cnc[nH]1)C(=O)N[C@@H](Cc1ccccc1)C(=O)O. The topological polar surface area (TPSA) is 443 Å². The summed E-state index contributed by atoms with van der Waals surface area (Å²) >= 11 is 0.